The Bertz CT molecular complexity index is 453. The first-order chi connectivity index (χ1) is 7.38. The number of methoxy groups -OCH3 is 1. The Hall–Kier alpha value is -1.75. The van der Waals surface area contributed by atoms with Crippen molar-refractivity contribution in [3.63, 3.8) is 0 Å². The predicted octanol–water partition coefficient (Wildman–Crippen LogP) is 2.30. The number of pyridine rings is 1. The second-order valence-corrected chi connectivity index (χ2v) is 3.45. The van der Waals surface area contributed by atoms with Crippen molar-refractivity contribution in [3.05, 3.63) is 34.9 Å². The molecule has 0 aliphatic carbocycles. The van der Waals surface area contributed by atoms with Crippen LogP contribution in [0.3, 0.4) is 0 Å². The highest BCUT2D eigenvalue weighted by Gasteiger charge is 1.94. The molecule has 0 saturated carbocycles. The second kappa shape index (κ2) is 4.65. The lowest BCUT2D eigenvalue weighted by Gasteiger charge is -1.97. The summed E-state index contributed by atoms with van der Waals surface area (Å²) in [5.41, 5.74) is 3.43. The van der Waals surface area contributed by atoms with E-state index in [2.05, 4.69) is 15.0 Å². The largest absolute Gasteiger partial charge is 0.481 e. The van der Waals surface area contributed by atoms with E-state index < -0.39 is 0 Å². The van der Waals surface area contributed by atoms with Gasteiger partial charge in [-0.05, 0) is 6.07 Å². The highest BCUT2D eigenvalue weighted by Crippen LogP contribution is 2.16. The molecule has 0 N–H and O–H groups in total. The molecule has 0 saturated heterocycles. The van der Waals surface area contributed by atoms with E-state index in [1.807, 2.05) is 11.4 Å². The van der Waals surface area contributed by atoms with Crippen molar-refractivity contribution in [3.8, 4) is 5.88 Å². The van der Waals surface area contributed by atoms with Gasteiger partial charge in [-0.25, -0.2) is 9.97 Å². The van der Waals surface area contributed by atoms with Gasteiger partial charge in [-0.2, -0.15) is 0 Å². The molecule has 0 amide bonds. The number of thiazole rings is 1. The number of ether oxygens (including phenoxy) is 1. The molecule has 0 unspecified atom stereocenters. The zero-order valence-corrected chi connectivity index (χ0v) is 8.94. The first-order valence-corrected chi connectivity index (χ1v) is 5.25. The molecule has 0 spiro atoms. The minimum absolute atomic E-state index is 0.558. The van der Waals surface area contributed by atoms with Crippen LogP contribution in [0.2, 0.25) is 0 Å². The molecule has 76 valence electrons. The molecule has 0 aliphatic rings. The van der Waals surface area contributed by atoms with E-state index >= 15 is 0 Å². The van der Waals surface area contributed by atoms with Crippen molar-refractivity contribution in [2.45, 2.75) is 0 Å². The molecule has 0 fully saturated rings. The summed E-state index contributed by atoms with van der Waals surface area (Å²) in [5, 5.41) is 1.93. The highest BCUT2D eigenvalue weighted by molar-refractivity contribution is 7.07. The summed E-state index contributed by atoms with van der Waals surface area (Å²) in [6.45, 7) is 0. The maximum atomic E-state index is 4.99. The number of rotatable bonds is 3. The van der Waals surface area contributed by atoms with Gasteiger partial charge in [-0.1, -0.05) is 0 Å². The van der Waals surface area contributed by atoms with Gasteiger partial charge >= 0.3 is 0 Å². The van der Waals surface area contributed by atoms with Crippen molar-refractivity contribution >= 4 is 23.2 Å². The van der Waals surface area contributed by atoms with Gasteiger partial charge in [0.15, 0.2) is 0 Å². The number of nitrogens with zero attached hydrogens (tertiary/aromatic N) is 3. The normalized spacial score (nSPS) is 10.7. The van der Waals surface area contributed by atoms with Crippen LogP contribution < -0.4 is 4.74 Å². The lowest BCUT2D eigenvalue weighted by atomic mass is 10.4. The monoisotopic (exact) mass is 219 g/mol. The summed E-state index contributed by atoms with van der Waals surface area (Å²) >= 11 is 1.54. The van der Waals surface area contributed by atoms with Crippen molar-refractivity contribution in [2.75, 3.05) is 7.11 Å². The Kier molecular flexibility index (Phi) is 3.04. The summed E-state index contributed by atoms with van der Waals surface area (Å²) in [4.78, 5) is 12.3. The molecule has 0 aromatic carbocycles. The van der Waals surface area contributed by atoms with Crippen molar-refractivity contribution < 1.29 is 4.74 Å². The molecule has 2 aromatic heterocycles. The Morgan fingerprint density at radius 1 is 1.47 bits per heavy atom. The molecule has 2 rings (SSSR count). The first kappa shape index (κ1) is 9.79. The molecule has 5 heteroatoms. The van der Waals surface area contributed by atoms with Crippen molar-refractivity contribution in [2.24, 2.45) is 4.99 Å². The van der Waals surface area contributed by atoms with E-state index in [9.17, 15) is 0 Å². The number of hydrogen-bond donors (Lipinski definition) is 0. The van der Waals surface area contributed by atoms with Crippen molar-refractivity contribution in [1.29, 1.82) is 0 Å². The highest BCUT2D eigenvalue weighted by atomic mass is 32.1. The maximum absolute atomic E-state index is 4.99. The molecular weight excluding hydrogens is 210 g/mol. The lowest BCUT2D eigenvalue weighted by molar-refractivity contribution is 0.398. The van der Waals surface area contributed by atoms with E-state index in [1.165, 1.54) is 0 Å². The Morgan fingerprint density at radius 3 is 3.13 bits per heavy atom. The number of aliphatic imine (C=N–C) groups is 1. The van der Waals surface area contributed by atoms with Gasteiger partial charge < -0.3 is 4.74 Å². The second-order valence-electron chi connectivity index (χ2n) is 2.73. The van der Waals surface area contributed by atoms with Gasteiger partial charge in [-0.15, -0.1) is 11.3 Å². The quantitative estimate of drug-likeness (QED) is 0.744. The topological polar surface area (TPSA) is 47.4 Å². The van der Waals surface area contributed by atoms with E-state index in [0.717, 1.165) is 11.4 Å². The van der Waals surface area contributed by atoms with Gasteiger partial charge in [-0.3, -0.25) is 4.99 Å². The average molecular weight is 219 g/mol. The Balaban J connectivity index is 2.17. The van der Waals surface area contributed by atoms with Gasteiger partial charge in [0, 0.05) is 17.6 Å². The van der Waals surface area contributed by atoms with Crippen LogP contribution in [0.25, 0.3) is 0 Å². The van der Waals surface area contributed by atoms with Crippen LogP contribution in [0.15, 0.2) is 34.2 Å². The molecule has 2 aromatic rings. The fraction of sp³-hybridized carbons (Fsp3) is 0.100. The number of aromatic nitrogens is 2. The van der Waals surface area contributed by atoms with Crippen molar-refractivity contribution in [1.82, 2.24) is 9.97 Å². The van der Waals surface area contributed by atoms with Crippen LogP contribution in [0.1, 0.15) is 5.69 Å². The zero-order chi connectivity index (χ0) is 10.5. The summed E-state index contributed by atoms with van der Waals surface area (Å²) in [6, 6.07) is 3.58. The molecule has 0 radical (unpaired) electrons. The van der Waals surface area contributed by atoms with Crippen LogP contribution in [0.4, 0.5) is 5.69 Å². The lowest BCUT2D eigenvalue weighted by Crippen LogP contribution is -1.85. The summed E-state index contributed by atoms with van der Waals surface area (Å²) in [7, 11) is 1.58. The maximum Gasteiger partial charge on any atom is 0.215 e. The van der Waals surface area contributed by atoms with E-state index in [1.54, 1.807) is 42.4 Å². The summed E-state index contributed by atoms with van der Waals surface area (Å²) in [6.07, 6.45) is 3.37. The van der Waals surface area contributed by atoms with Crippen LogP contribution in [-0.2, 0) is 0 Å². The molecule has 15 heavy (non-hydrogen) atoms. The third-order valence-corrected chi connectivity index (χ3v) is 2.33. The minimum atomic E-state index is 0.558. The van der Waals surface area contributed by atoms with Crippen LogP contribution in [0.5, 0.6) is 5.88 Å². The number of hydrogen-bond acceptors (Lipinski definition) is 5. The van der Waals surface area contributed by atoms with Gasteiger partial charge in [0.05, 0.1) is 30.2 Å². The fourth-order valence-electron chi connectivity index (χ4n) is 1.02. The fourth-order valence-corrected chi connectivity index (χ4v) is 1.52. The van der Waals surface area contributed by atoms with E-state index in [4.69, 9.17) is 4.74 Å². The zero-order valence-electron chi connectivity index (χ0n) is 8.12. The van der Waals surface area contributed by atoms with Crippen LogP contribution in [0, 0.1) is 0 Å². The Morgan fingerprint density at radius 2 is 2.40 bits per heavy atom. The average Bonchev–Trinajstić information content (AvgIpc) is 2.79. The minimum Gasteiger partial charge on any atom is -0.481 e. The molecule has 2 heterocycles. The standard InChI is InChI=1S/C10H9N3OS/c1-14-10-4-8(2-3-11-10)12-5-9-6-15-7-13-9/h2-7H,1H3/b12-5+. The van der Waals surface area contributed by atoms with Gasteiger partial charge in [0.1, 0.15) is 0 Å². The van der Waals surface area contributed by atoms with E-state index in [0.29, 0.717) is 5.88 Å². The summed E-state index contributed by atoms with van der Waals surface area (Å²) in [5.74, 6) is 0.558. The van der Waals surface area contributed by atoms with Crippen LogP contribution >= 0.6 is 11.3 Å². The SMILES string of the molecule is COc1cc(/N=C/c2cscn2)ccn1. The molecule has 0 bridgehead atoms. The molecule has 0 aliphatic heterocycles. The van der Waals surface area contributed by atoms with Gasteiger partial charge in [0.25, 0.3) is 0 Å². The third kappa shape index (κ3) is 2.60. The third-order valence-electron chi connectivity index (χ3n) is 1.72. The van der Waals surface area contributed by atoms with E-state index in [-0.39, 0.29) is 0 Å². The molecule has 0 atom stereocenters. The van der Waals surface area contributed by atoms with Gasteiger partial charge in [0.2, 0.25) is 5.88 Å². The smallest absolute Gasteiger partial charge is 0.215 e. The molecule has 4 nitrogen and oxygen atoms in total. The summed E-state index contributed by atoms with van der Waals surface area (Å²) < 4.78 is 4.99. The Labute approximate surface area is 91.3 Å². The predicted molar refractivity (Wildman–Crippen MR) is 60.2 cm³/mol. The first-order valence-electron chi connectivity index (χ1n) is 4.31. The molecular formula is C10H9N3OS. The van der Waals surface area contributed by atoms with Crippen LogP contribution in [-0.4, -0.2) is 23.3 Å².